The average Bonchev–Trinajstić information content (AvgIpc) is 3.20. The number of hydrogen-bond donors (Lipinski definition) is 3. The molecule has 1 aliphatic heterocycles. The number of benzene rings is 1. The lowest BCUT2D eigenvalue weighted by atomic mass is 10.2. The van der Waals surface area contributed by atoms with Crippen LogP contribution in [0.25, 0.3) is 11.0 Å². The normalized spacial score (nSPS) is 15.5. The molecule has 3 N–H and O–H groups in total. The summed E-state index contributed by atoms with van der Waals surface area (Å²) in [6.45, 7) is 3.10. The third-order valence-corrected chi connectivity index (χ3v) is 7.16. The van der Waals surface area contributed by atoms with Crippen molar-refractivity contribution in [1.29, 1.82) is 0 Å². The van der Waals surface area contributed by atoms with E-state index < -0.39 is 10.0 Å². The van der Waals surface area contributed by atoms with Crippen LogP contribution in [-0.4, -0.2) is 72.1 Å². The van der Waals surface area contributed by atoms with Crippen LogP contribution >= 0.6 is 0 Å². The van der Waals surface area contributed by atoms with Crippen LogP contribution in [0.2, 0.25) is 0 Å². The molecule has 4 rings (SSSR count). The van der Waals surface area contributed by atoms with Crippen LogP contribution in [-0.2, 0) is 19.6 Å². The summed E-state index contributed by atoms with van der Waals surface area (Å²) in [7, 11) is -3.65. The number of aromatic amines is 1. The number of H-pyrrole nitrogens is 1. The average molecular weight is 457 g/mol. The van der Waals surface area contributed by atoms with Gasteiger partial charge >= 0.3 is 0 Å². The molecular formula is C21H24N6O4S. The number of anilines is 2. The fourth-order valence-corrected chi connectivity index (χ4v) is 5.23. The predicted octanol–water partition coefficient (Wildman–Crippen LogP) is 1.47. The van der Waals surface area contributed by atoms with Crippen LogP contribution in [0.15, 0.2) is 53.7 Å². The number of carbonyl (C=O) groups excluding carboxylic acids is 2. The summed E-state index contributed by atoms with van der Waals surface area (Å²) in [5.74, 6) is -0.347. The van der Waals surface area contributed by atoms with Crippen LogP contribution < -0.4 is 10.6 Å². The molecular weight excluding hydrogens is 432 g/mol. The molecule has 0 saturated carbocycles. The number of piperazine rings is 1. The third kappa shape index (κ3) is 4.79. The Hall–Kier alpha value is -3.28. The number of carbonyl (C=O) groups is 2. The second-order valence-corrected chi connectivity index (χ2v) is 9.45. The van der Waals surface area contributed by atoms with E-state index in [1.54, 1.807) is 42.6 Å². The number of aromatic nitrogens is 2. The van der Waals surface area contributed by atoms with E-state index in [9.17, 15) is 18.0 Å². The van der Waals surface area contributed by atoms with E-state index in [2.05, 4.69) is 20.6 Å². The lowest BCUT2D eigenvalue weighted by Crippen LogP contribution is -2.50. The molecule has 1 fully saturated rings. The Morgan fingerprint density at radius 2 is 1.69 bits per heavy atom. The first-order chi connectivity index (χ1) is 15.3. The summed E-state index contributed by atoms with van der Waals surface area (Å²) in [5.41, 5.74) is 1.81. The molecule has 0 aliphatic carbocycles. The summed E-state index contributed by atoms with van der Waals surface area (Å²) in [5, 5.41) is 6.05. The minimum Gasteiger partial charge on any atom is -0.345 e. The van der Waals surface area contributed by atoms with Crippen molar-refractivity contribution in [2.24, 2.45) is 0 Å². The van der Waals surface area contributed by atoms with Gasteiger partial charge in [-0.25, -0.2) is 13.4 Å². The van der Waals surface area contributed by atoms with Gasteiger partial charge in [-0.05, 0) is 36.4 Å². The van der Waals surface area contributed by atoms with Gasteiger partial charge in [-0.1, -0.05) is 0 Å². The maximum atomic E-state index is 13.1. The monoisotopic (exact) mass is 456 g/mol. The molecule has 0 atom stereocenters. The highest BCUT2D eigenvalue weighted by Gasteiger charge is 2.31. The highest BCUT2D eigenvalue weighted by atomic mass is 32.2. The smallest absolute Gasteiger partial charge is 0.245 e. The fourth-order valence-electron chi connectivity index (χ4n) is 3.66. The molecule has 0 spiro atoms. The van der Waals surface area contributed by atoms with Crippen molar-refractivity contribution < 1.29 is 18.0 Å². The van der Waals surface area contributed by atoms with Gasteiger partial charge in [-0.15, -0.1) is 0 Å². The summed E-state index contributed by atoms with van der Waals surface area (Å²) in [6, 6.07) is 10.3. The van der Waals surface area contributed by atoms with Crippen molar-refractivity contribution in [3.8, 4) is 0 Å². The first-order valence-corrected chi connectivity index (χ1v) is 11.6. The number of fused-ring (bicyclic) bond motifs is 1. The number of amides is 2. The molecule has 0 radical (unpaired) electrons. The minimum absolute atomic E-state index is 0.163. The number of rotatable bonds is 6. The highest BCUT2D eigenvalue weighted by molar-refractivity contribution is 7.89. The second-order valence-electron chi connectivity index (χ2n) is 7.54. The third-order valence-electron chi connectivity index (χ3n) is 5.22. The van der Waals surface area contributed by atoms with Crippen LogP contribution in [0.1, 0.15) is 6.92 Å². The zero-order valence-corrected chi connectivity index (χ0v) is 18.4. The van der Waals surface area contributed by atoms with E-state index in [4.69, 9.17) is 0 Å². The molecule has 3 aromatic rings. The van der Waals surface area contributed by atoms with Gasteiger partial charge in [-0.2, -0.15) is 4.31 Å². The molecule has 11 heteroatoms. The van der Waals surface area contributed by atoms with E-state index in [0.29, 0.717) is 48.6 Å². The Morgan fingerprint density at radius 3 is 2.34 bits per heavy atom. The lowest BCUT2D eigenvalue weighted by molar-refractivity contribution is -0.117. The standard InChI is InChI=1S/C21H24N6O4S/c1-15(28)24-16-4-6-17(7-5-16)25-20(29)14-26-9-11-27(12-10-26)32(30,31)19-13-23-21-18(19)3-2-8-22-21/h2-8,13H,9-12,14H2,1H3,(H,22,23)(H,24,28)(H,25,29). The van der Waals surface area contributed by atoms with Gasteiger partial charge in [0, 0.05) is 62.3 Å². The van der Waals surface area contributed by atoms with Crippen molar-refractivity contribution in [3.05, 3.63) is 48.8 Å². The van der Waals surface area contributed by atoms with E-state index in [1.807, 2.05) is 4.90 Å². The van der Waals surface area contributed by atoms with Crippen molar-refractivity contribution in [2.75, 3.05) is 43.4 Å². The lowest BCUT2D eigenvalue weighted by Gasteiger charge is -2.33. The number of pyridine rings is 1. The predicted molar refractivity (Wildman–Crippen MR) is 121 cm³/mol. The second kappa shape index (κ2) is 9.07. The zero-order chi connectivity index (χ0) is 22.7. The molecule has 2 aromatic heterocycles. The van der Waals surface area contributed by atoms with Gasteiger partial charge in [0.05, 0.1) is 6.54 Å². The van der Waals surface area contributed by atoms with Gasteiger partial charge in [0.25, 0.3) is 0 Å². The maximum Gasteiger partial charge on any atom is 0.245 e. The summed E-state index contributed by atoms with van der Waals surface area (Å²) >= 11 is 0. The van der Waals surface area contributed by atoms with Gasteiger partial charge in [0.1, 0.15) is 10.5 Å². The first kappa shape index (κ1) is 21.9. The van der Waals surface area contributed by atoms with Gasteiger partial charge in [-0.3, -0.25) is 14.5 Å². The van der Waals surface area contributed by atoms with Crippen LogP contribution in [0.5, 0.6) is 0 Å². The Balaban J connectivity index is 1.31. The van der Waals surface area contributed by atoms with E-state index in [-0.39, 0.29) is 23.3 Å². The van der Waals surface area contributed by atoms with Crippen molar-refractivity contribution in [2.45, 2.75) is 11.8 Å². The van der Waals surface area contributed by atoms with Gasteiger partial charge in [0.2, 0.25) is 21.8 Å². The Kier molecular flexibility index (Phi) is 6.21. The molecule has 1 aliphatic rings. The van der Waals surface area contributed by atoms with Crippen LogP contribution in [0.3, 0.4) is 0 Å². The molecule has 2 amide bonds. The van der Waals surface area contributed by atoms with Crippen molar-refractivity contribution in [3.63, 3.8) is 0 Å². The molecule has 10 nitrogen and oxygen atoms in total. The first-order valence-electron chi connectivity index (χ1n) is 10.1. The van der Waals surface area contributed by atoms with E-state index in [1.165, 1.54) is 17.4 Å². The molecule has 168 valence electrons. The topological polar surface area (TPSA) is 127 Å². The molecule has 3 heterocycles. The number of nitrogens with one attached hydrogen (secondary N) is 3. The van der Waals surface area contributed by atoms with Gasteiger partial charge in [0.15, 0.2) is 0 Å². The molecule has 0 unspecified atom stereocenters. The quantitative estimate of drug-likeness (QED) is 0.515. The number of sulfonamides is 1. The molecule has 1 saturated heterocycles. The Morgan fingerprint density at radius 1 is 1.03 bits per heavy atom. The molecule has 0 bridgehead atoms. The summed E-state index contributed by atoms with van der Waals surface area (Å²) in [4.78, 5) is 32.7. The Bertz CT molecular complexity index is 1230. The minimum atomic E-state index is -3.65. The summed E-state index contributed by atoms with van der Waals surface area (Å²) in [6.07, 6.45) is 3.08. The van der Waals surface area contributed by atoms with Crippen molar-refractivity contribution in [1.82, 2.24) is 19.2 Å². The molecule has 32 heavy (non-hydrogen) atoms. The van der Waals surface area contributed by atoms with E-state index in [0.717, 1.165) is 0 Å². The number of nitrogens with zero attached hydrogens (tertiary/aromatic N) is 3. The highest BCUT2D eigenvalue weighted by Crippen LogP contribution is 2.25. The van der Waals surface area contributed by atoms with Crippen molar-refractivity contribution >= 4 is 44.2 Å². The molecule has 1 aromatic carbocycles. The van der Waals surface area contributed by atoms with Crippen LogP contribution in [0, 0.1) is 0 Å². The van der Waals surface area contributed by atoms with E-state index >= 15 is 0 Å². The van der Waals surface area contributed by atoms with Crippen LogP contribution in [0.4, 0.5) is 11.4 Å². The largest absolute Gasteiger partial charge is 0.345 e. The number of hydrogen-bond acceptors (Lipinski definition) is 6. The fraction of sp³-hybridized carbons (Fsp3) is 0.286. The Labute approximate surface area is 185 Å². The maximum absolute atomic E-state index is 13.1. The SMILES string of the molecule is CC(=O)Nc1ccc(NC(=O)CN2CCN(S(=O)(=O)c3c[nH]c4ncccc34)CC2)cc1. The zero-order valence-electron chi connectivity index (χ0n) is 17.5. The van der Waals surface area contributed by atoms with Gasteiger partial charge < -0.3 is 15.6 Å². The summed E-state index contributed by atoms with van der Waals surface area (Å²) < 4.78 is 27.6.